The van der Waals surface area contributed by atoms with Gasteiger partial charge in [-0.1, -0.05) is 18.6 Å². The van der Waals surface area contributed by atoms with Crippen molar-refractivity contribution in [3.63, 3.8) is 0 Å². The Morgan fingerprint density at radius 3 is 2.62 bits per heavy atom. The number of benzene rings is 1. The van der Waals surface area contributed by atoms with Crippen molar-refractivity contribution in [2.75, 3.05) is 33.4 Å². The summed E-state index contributed by atoms with van der Waals surface area (Å²) >= 11 is 0. The van der Waals surface area contributed by atoms with Crippen LogP contribution in [0.25, 0.3) is 0 Å². The first-order valence-corrected chi connectivity index (χ1v) is 7.34. The van der Waals surface area contributed by atoms with Crippen LogP contribution in [0.1, 0.15) is 36.0 Å². The fourth-order valence-corrected chi connectivity index (χ4v) is 2.53. The molecule has 5 heteroatoms. The summed E-state index contributed by atoms with van der Waals surface area (Å²) in [5, 5.41) is 0. The van der Waals surface area contributed by atoms with Gasteiger partial charge >= 0.3 is 5.97 Å². The summed E-state index contributed by atoms with van der Waals surface area (Å²) in [4.78, 5) is 14.4. The summed E-state index contributed by atoms with van der Waals surface area (Å²) in [7, 11) is 1.56. The lowest BCUT2D eigenvalue weighted by Crippen LogP contribution is -2.31. The van der Waals surface area contributed by atoms with E-state index in [1.807, 2.05) is 12.1 Å². The Bertz CT molecular complexity index is 433. The number of ether oxygens (including phenoxy) is 2. The molecule has 21 heavy (non-hydrogen) atoms. The standard InChI is InChI=1S/C16H23NO3.ClH/c1-19-15-9-4-3-8-14(15)16(18)20-13-7-12-17-10-5-2-6-11-17;/h3-4,8-9H,2,5-7,10-13H2,1H3;1H. The largest absolute Gasteiger partial charge is 0.496 e. The zero-order valence-corrected chi connectivity index (χ0v) is 13.4. The maximum atomic E-state index is 12.0. The molecule has 1 aliphatic rings. The van der Waals surface area contributed by atoms with E-state index in [9.17, 15) is 4.79 Å². The molecule has 0 N–H and O–H groups in total. The van der Waals surface area contributed by atoms with E-state index in [0.717, 1.165) is 13.0 Å². The Morgan fingerprint density at radius 2 is 1.90 bits per heavy atom. The number of halogens is 1. The summed E-state index contributed by atoms with van der Waals surface area (Å²) in [6.45, 7) is 3.84. The quantitative estimate of drug-likeness (QED) is 0.597. The van der Waals surface area contributed by atoms with Crippen LogP contribution in [0.2, 0.25) is 0 Å². The monoisotopic (exact) mass is 313 g/mol. The summed E-state index contributed by atoms with van der Waals surface area (Å²) in [5.41, 5.74) is 0.493. The van der Waals surface area contributed by atoms with Gasteiger partial charge in [0.05, 0.1) is 13.7 Å². The molecule has 1 aliphatic heterocycles. The highest BCUT2D eigenvalue weighted by atomic mass is 35.5. The summed E-state index contributed by atoms with van der Waals surface area (Å²) in [6, 6.07) is 7.15. The number of carbonyl (C=O) groups is 1. The molecular weight excluding hydrogens is 290 g/mol. The lowest BCUT2D eigenvalue weighted by atomic mass is 10.1. The minimum atomic E-state index is -0.305. The second-order valence-electron chi connectivity index (χ2n) is 5.09. The molecule has 0 radical (unpaired) electrons. The van der Waals surface area contributed by atoms with E-state index in [1.165, 1.54) is 32.4 Å². The Kier molecular flexibility index (Phi) is 8.16. The minimum absolute atomic E-state index is 0. The van der Waals surface area contributed by atoms with Crippen molar-refractivity contribution in [2.24, 2.45) is 0 Å². The third-order valence-corrected chi connectivity index (χ3v) is 3.63. The van der Waals surface area contributed by atoms with Crippen LogP contribution in [0.4, 0.5) is 0 Å². The van der Waals surface area contributed by atoms with Gasteiger partial charge in [-0.2, -0.15) is 0 Å². The first-order valence-electron chi connectivity index (χ1n) is 7.34. The van der Waals surface area contributed by atoms with Gasteiger partial charge in [0.2, 0.25) is 0 Å². The van der Waals surface area contributed by atoms with Crippen LogP contribution in [-0.4, -0.2) is 44.2 Å². The van der Waals surface area contributed by atoms with Crippen LogP contribution < -0.4 is 4.74 Å². The topological polar surface area (TPSA) is 38.8 Å². The number of rotatable bonds is 6. The molecule has 0 aromatic heterocycles. The van der Waals surface area contributed by atoms with Crippen molar-refractivity contribution in [1.82, 2.24) is 4.90 Å². The molecule has 0 amide bonds. The van der Waals surface area contributed by atoms with Gasteiger partial charge in [-0.25, -0.2) is 4.79 Å². The molecule has 0 spiro atoms. The number of hydrogen-bond donors (Lipinski definition) is 0. The average Bonchev–Trinajstić information content (AvgIpc) is 2.52. The summed E-state index contributed by atoms with van der Waals surface area (Å²) in [5.74, 6) is 0.259. The number of nitrogens with zero attached hydrogens (tertiary/aromatic N) is 1. The zero-order valence-electron chi connectivity index (χ0n) is 12.5. The Morgan fingerprint density at radius 1 is 1.19 bits per heavy atom. The highest BCUT2D eigenvalue weighted by Crippen LogP contribution is 2.18. The normalized spacial score (nSPS) is 15.1. The van der Waals surface area contributed by atoms with Crippen LogP contribution in [0.3, 0.4) is 0 Å². The third kappa shape index (κ3) is 5.56. The molecule has 2 rings (SSSR count). The number of carbonyl (C=O) groups excluding carboxylic acids is 1. The predicted molar refractivity (Wildman–Crippen MR) is 85.4 cm³/mol. The molecule has 0 atom stereocenters. The molecule has 1 saturated heterocycles. The number of hydrogen-bond acceptors (Lipinski definition) is 4. The molecule has 0 unspecified atom stereocenters. The predicted octanol–water partition coefficient (Wildman–Crippen LogP) is 3.15. The van der Waals surface area contributed by atoms with Crippen molar-refractivity contribution in [3.8, 4) is 5.75 Å². The van der Waals surface area contributed by atoms with E-state index in [1.54, 1.807) is 19.2 Å². The Labute approximate surface area is 132 Å². The van der Waals surface area contributed by atoms with Crippen molar-refractivity contribution in [2.45, 2.75) is 25.7 Å². The maximum absolute atomic E-state index is 12.0. The number of methoxy groups -OCH3 is 1. The summed E-state index contributed by atoms with van der Waals surface area (Å²) < 4.78 is 10.5. The van der Waals surface area contributed by atoms with Crippen LogP contribution in [0, 0.1) is 0 Å². The molecule has 0 aliphatic carbocycles. The van der Waals surface area contributed by atoms with Crippen molar-refractivity contribution < 1.29 is 14.3 Å². The van der Waals surface area contributed by atoms with Gasteiger partial charge in [0.25, 0.3) is 0 Å². The maximum Gasteiger partial charge on any atom is 0.341 e. The highest BCUT2D eigenvalue weighted by Gasteiger charge is 2.13. The minimum Gasteiger partial charge on any atom is -0.496 e. The number of esters is 1. The van der Waals surface area contributed by atoms with E-state index in [-0.39, 0.29) is 18.4 Å². The van der Waals surface area contributed by atoms with E-state index in [2.05, 4.69) is 4.90 Å². The van der Waals surface area contributed by atoms with E-state index in [0.29, 0.717) is 17.9 Å². The zero-order chi connectivity index (χ0) is 14.2. The van der Waals surface area contributed by atoms with Crippen LogP contribution in [-0.2, 0) is 4.74 Å². The fraction of sp³-hybridized carbons (Fsp3) is 0.562. The molecule has 1 aromatic rings. The first kappa shape index (κ1) is 17.8. The smallest absolute Gasteiger partial charge is 0.341 e. The molecular formula is C16H24ClNO3. The second kappa shape index (κ2) is 9.64. The SMILES string of the molecule is COc1ccccc1C(=O)OCCCN1CCCCC1.Cl. The number of likely N-dealkylation sites (tertiary alicyclic amines) is 1. The Hall–Kier alpha value is -1.26. The van der Waals surface area contributed by atoms with Crippen LogP contribution >= 0.6 is 12.4 Å². The van der Waals surface area contributed by atoms with Crippen LogP contribution in [0.5, 0.6) is 5.75 Å². The Balaban J connectivity index is 0.00000220. The van der Waals surface area contributed by atoms with Gasteiger partial charge in [0.1, 0.15) is 11.3 Å². The number of para-hydroxylation sites is 1. The van der Waals surface area contributed by atoms with Crippen molar-refractivity contribution in [1.29, 1.82) is 0 Å². The average molecular weight is 314 g/mol. The van der Waals surface area contributed by atoms with Gasteiger partial charge in [-0.15, -0.1) is 12.4 Å². The van der Waals surface area contributed by atoms with E-state index >= 15 is 0 Å². The lowest BCUT2D eigenvalue weighted by Gasteiger charge is -2.26. The van der Waals surface area contributed by atoms with E-state index < -0.39 is 0 Å². The molecule has 4 nitrogen and oxygen atoms in total. The van der Waals surface area contributed by atoms with Crippen LogP contribution in [0.15, 0.2) is 24.3 Å². The summed E-state index contributed by atoms with van der Waals surface area (Å²) in [6.07, 6.45) is 4.82. The van der Waals surface area contributed by atoms with Crippen molar-refractivity contribution >= 4 is 18.4 Å². The highest BCUT2D eigenvalue weighted by molar-refractivity contribution is 5.92. The first-order chi connectivity index (χ1) is 9.81. The fourth-order valence-electron chi connectivity index (χ4n) is 2.53. The third-order valence-electron chi connectivity index (χ3n) is 3.63. The van der Waals surface area contributed by atoms with Gasteiger partial charge < -0.3 is 14.4 Å². The van der Waals surface area contributed by atoms with Crippen molar-refractivity contribution in [3.05, 3.63) is 29.8 Å². The molecule has 1 aromatic carbocycles. The number of piperidine rings is 1. The van der Waals surface area contributed by atoms with E-state index in [4.69, 9.17) is 9.47 Å². The molecule has 0 bridgehead atoms. The molecule has 1 heterocycles. The molecule has 0 saturated carbocycles. The van der Waals surface area contributed by atoms with Gasteiger partial charge in [-0.3, -0.25) is 0 Å². The molecule has 118 valence electrons. The lowest BCUT2D eigenvalue weighted by molar-refractivity contribution is 0.0482. The van der Waals surface area contributed by atoms with Gasteiger partial charge in [0, 0.05) is 6.54 Å². The molecule has 1 fully saturated rings. The second-order valence-corrected chi connectivity index (χ2v) is 5.09. The van der Waals surface area contributed by atoms with Gasteiger partial charge in [-0.05, 0) is 44.5 Å². The van der Waals surface area contributed by atoms with Gasteiger partial charge in [0.15, 0.2) is 0 Å².